The summed E-state index contributed by atoms with van der Waals surface area (Å²) in [5.41, 5.74) is 1.48. The summed E-state index contributed by atoms with van der Waals surface area (Å²) in [5, 5.41) is 11.2. The average molecular weight is 406 g/mol. The maximum Gasteiger partial charge on any atom is 0.338 e. The third-order valence-corrected chi connectivity index (χ3v) is 5.27. The van der Waals surface area contributed by atoms with Crippen molar-refractivity contribution in [3.8, 4) is 0 Å². The van der Waals surface area contributed by atoms with Crippen LogP contribution >= 0.6 is 22.9 Å². The standard InChI is InChI=1S/C19H20ClN3O3S/c1-2-26-18(24)16-15(11-21-10-12-6-5-9-27-12)22-19(25)23-17(16)13-7-3-4-8-14(13)20/h3-9,17,21H,2,10-11H2,1H3,(H2,22,23,25)/t17-/m1/s1. The van der Waals surface area contributed by atoms with Crippen LogP contribution in [0.5, 0.6) is 0 Å². The Balaban J connectivity index is 1.92. The second-order valence-electron chi connectivity index (χ2n) is 5.85. The van der Waals surface area contributed by atoms with Crippen LogP contribution in [0.4, 0.5) is 4.79 Å². The number of benzene rings is 1. The second-order valence-corrected chi connectivity index (χ2v) is 7.29. The van der Waals surface area contributed by atoms with Gasteiger partial charge in [0.1, 0.15) is 0 Å². The van der Waals surface area contributed by atoms with Crippen LogP contribution in [0.2, 0.25) is 5.02 Å². The molecule has 0 unspecified atom stereocenters. The molecule has 2 heterocycles. The van der Waals surface area contributed by atoms with Gasteiger partial charge in [0.05, 0.1) is 18.2 Å². The summed E-state index contributed by atoms with van der Waals surface area (Å²) in [6.07, 6.45) is 0. The van der Waals surface area contributed by atoms with E-state index < -0.39 is 12.0 Å². The molecule has 142 valence electrons. The van der Waals surface area contributed by atoms with Crippen LogP contribution in [0.15, 0.2) is 53.0 Å². The van der Waals surface area contributed by atoms with Gasteiger partial charge < -0.3 is 20.7 Å². The minimum Gasteiger partial charge on any atom is -0.463 e. The van der Waals surface area contributed by atoms with Crippen molar-refractivity contribution in [1.29, 1.82) is 0 Å². The lowest BCUT2D eigenvalue weighted by atomic mass is 9.95. The highest BCUT2D eigenvalue weighted by molar-refractivity contribution is 7.09. The fraction of sp³-hybridized carbons (Fsp3) is 0.263. The van der Waals surface area contributed by atoms with Crippen LogP contribution in [-0.2, 0) is 16.1 Å². The van der Waals surface area contributed by atoms with Crippen molar-refractivity contribution in [3.05, 3.63) is 68.5 Å². The van der Waals surface area contributed by atoms with Gasteiger partial charge in [-0.1, -0.05) is 35.9 Å². The molecule has 0 saturated carbocycles. The molecule has 3 N–H and O–H groups in total. The van der Waals surface area contributed by atoms with Crippen molar-refractivity contribution in [2.45, 2.75) is 19.5 Å². The SMILES string of the molecule is CCOC(=O)C1=C(CNCc2cccs2)NC(=O)N[C@@H]1c1ccccc1Cl. The maximum atomic E-state index is 12.7. The maximum absolute atomic E-state index is 12.7. The fourth-order valence-electron chi connectivity index (χ4n) is 2.87. The summed E-state index contributed by atoms with van der Waals surface area (Å²) in [6.45, 7) is 2.94. The molecule has 0 spiro atoms. The third-order valence-electron chi connectivity index (χ3n) is 4.05. The predicted octanol–water partition coefficient (Wildman–Crippen LogP) is 3.36. The third kappa shape index (κ3) is 4.68. The molecule has 1 aliphatic heterocycles. The highest BCUT2D eigenvalue weighted by Crippen LogP contribution is 2.32. The fourth-order valence-corrected chi connectivity index (χ4v) is 3.79. The molecule has 1 aliphatic rings. The highest BCUT2D eigenvalue weighted by atomic mass is 35.5. The van der Waals surface area contributed by atoms with Crippen LogP contribution < -0.4 is 16.0 Å². The van der Waals surface area contributed by atoms with Crippen LogP contribution in [0.3, 0.4) is 0 Å². The number of thiophene rings is 1. The van der Waals surface area contributed by atoms with E-state index in [0.717, 1.165) is 4.88 Å². The van der Waals surface area contributed by atoms with E-state index in [1.165, 1.54) is 0 Å². The van der Waals surface area contributed by atoms with Gasteiger partial charge in [0.15, 0.2) is 0 Å². The van der Waals surface area contributed by atoms with Crippen molar-refractivity contribution in [1.82, 2.24) is 16.0 Å². The molecule has 27 heavy (non-hydrogen) atoms. The van der Waals surface area contributed by atoms with Gasteiger partial charge in [-0.15, -0.1) is 11.3 Å². The Bertz CT molecular complexity index is 852. The smallest absolute Gasteiger partial charge is 0.338 e. The molecular formula is C19H20ClN3O3S. The highest BCUT2D eigenvalue weighted by Gasteiger charge is 2.34. The molecule has 6 nitrogen and oxygen atoms in total. The van der Waals surface area contributed by atoms with Crippen molar-refractivity contribution < 1.29 is 14.3 Å². The number of amides is 2. The van der Waals surface area contributed by atoms with Gasteiger partial charge >= 0.3 is 12.0 Å². The summed E-state index contributed by atoms with van der Waals surface area (Å²) in [5.74, 6) is -0.483. The first-order valence-electron chi connectivity index (χ1n) is 8.55. The quantitative estimate of drug-likeness (QED) is 0.617. The number of nitrogens with one attached hydrogen (secondary N) is 3. The Labute approximate surface area is 166 Å². The first-order chi connectivity index (χ1) is 13.1. The van der Waals surface area contributed by atoms with E-state index in [2.05, 4.69) is 16.0 Å². The number of halogens is 1. The molecule has 0 fully saturated rings. The summed E-state index contributed by atoms with van der Waals surface area (Å²) in [7, 11) is 0. The van der Waals surface area contributed by atoms with Crippen LogP contribution in [0, 0.1) is 0 Å². The van der Waals surface area contributed by atoms with E-state index in [1.54, 1.807) is 36.5 Å². The van der Waals surface area contributed by atoms with E-state index in [4.69, 9.17) is 16.3 Å². The van der Waals surface area contributed by atoms with Crippen molar-refractivity contribution in [3.63, 3.8) is 0 Å². The number of ether oxygens (including phenoxy) is 1. The van der Waals surface area contributed by atoms with Crippen LogP contribution in [-0.4, -0.2) is 25.2 Å². The van der Waals surface area contributed by atoms with E-state index in [1.807, 2.05) is 23.6 Å². The number of carbonyl (C=O) groups excluding carboxylic acids is 2. The van der Waals surface area contributed by atoms with Gasteiger partial charge in [-0.25, -0.2) is 9.59 Å². The molecule has 0 bridgehead atoms. The lowest BCUT2D eigenvalue weighted by molar-refractivity contribution is -0.139. The predicted molar refractivity (Wildman–Crippen MR) is 106 cm³/mol. The molecule has 0 radical (unpaired) electrons. The molecule has 2 aromatic rings. The molecular weight excluding hydrogens is 386 g/mol. The van der Waals surface area contributed by atoms with Crippen molar-refractivity contribution >= 4 is 34.9 Å². The van der Waals surface area contributed by atoms with Gasteiger partial charge in [0, 0.05) is 28.7 Å². The number of hydrogen-bond acceptors (Lipinski definition) is 5. The van der Waals surface area contributed by atoms with E-state index in [-0.39, 0.29) is 12.6 Å². The lowest BCUT2D eigenvalue weighted by Gasteiger charge is -2.30. The molecule has 1 aromatic carbocycles. The van der Waals surface area contributed by atoms with E-state index in [0.29, 0.717) is 34.9 Å². The van der Waals surface area contributed by atoms with Gasteiger partial charge in [-0.3, -0.25) is 0 Å². The van der Waals surface area contributed by atoms with Gasteiger partial charge in [-0.2, -0.15) is 0 Å². The number of carbonyl (C=O) groups is 2. The number of rotatable bonds is 7. The molecule has 1 aromatic heterocycles. The van der Waals surface area contributed by atoms with E-state index >= 15 is 0 Å². The molecule has 2 amide bonds. The molecule has 8 heteroatoms. The monoisotopic (exact) mass is 405 g/mol. The van der Waals surface area contributed by atoms with Crippen LogP contribution in [0.25, 0.3) is 0 Å². The Morgan fingerprint density at radius 2 is 2.07 bits per heavy atom. The Kier molecular flexibility index (Phi) is 6.49. The summed E-state index contributed by atoms with van der Waals surface area (Å²) in [4.78, 5) is 26.0. The molecule has 0 saturated heterocycles. The number of esters is 1. The summed E-state index contributed by atoms with van der Waals surface area (Å²) < 4.78 is 5.23. The molecule has 0 aliphatic carbocycles. The lowest BCUT2D eigenvalue weighted by Crippen LogP contribution is -2.48. The van der Waals surface area contributed by atoms with Crippen LogP contribution in [0.1, 0.15) is 23.4 Å². The van der Waals surface area contributed by atoms with Crippen molar-refractivity contribution in [2.24, 2.45) is 0 Å². The Hall–Kier alpha value is -2.35. The largest absolute Gasteiger partial charge is 0.463 e. The zero-order chi connectivity index (χ0) is 19.2. The first-order valence-corrected chi connectivity index (χ1v) is 9.81. The minimum atomic E-state index is -0.676. The second kappa shape index (κ2) is 9.03. The molecule has 1 atom stereocenters. The molecule has 3 rings (SSSR count). The zero-order valence-corrected chi connectivity index (χ0v) is 16.3. The summed E-state index contributed by atoms with van der Waals surface area (Å²) >= 11 is 7.95. The van der Waals surface area contributed by atoms with Gasteiger partial charge in [0.2, 0.25) is 0 Å². The normalized spacial score (nSPS) is 16.7. The van der Waals surface area contributed by atoms with Gasteiger partial charge in [0.25, 0.3) is 0 Å². The summed E-state index contributed by atoms with van der Waals surface area (Å²) in [6, 6.07) is 10.1. The first kappa shape index (κ1) is 19.4. The van der Waals surface area contributed by atoms with Crippen molar-refractivity contribution in [2.75, 3.05) is 13.2 Å². The topological polar surface area (TPSA) is 79.5 Å². The minimum absolute atomic E-state index is 0.238. The van der Waals surface area contributed by atoms with E-state index in [9.17, 15) is 9.59 Å². The zero-order valence-electron chi connectivity index (χ0n) is 14.8. The number of hydrogen-bond donors (Lipinski definition) is 3. The number of urea groups is 1. The Morgan fingerprint density at radius 3 is 2.78 bits per heavy atom. The van der Waals surface area contributed by atoms with Gasteiger partial charge in [-0.05, 0) is 30.0 Å². The Morgan fingerprint density at radius 1 is 1.26 bits per heavy atom. The average Bonchev–Trinajstić information content (AvgIpc) is 3.15.